The zero-order chi connectivity index (χ0) is 15.4. The van der Waals surface area contributed by atoms with Crippen molar-refractivity contribution < 1.29 is 9.53 Å². The first-order chi connectivity index (χ1) is 10.0. The second kappa shape index (κ2) is 6.70. The van der Waals surface area contributed by atoms with Gasteiger partial charge in [-0.2, -0.15) is 0 Å². The monoisotopic (exact) mass is 289 g/mol. The van der Waals surface area contributed by atoms with Crippen molar-refractivity contribution in [2.24, 2.45) is 0 Å². The molecule has 1 unspecified atom stereocenters. The van der Waals surface area contributed by atoms with Gasteiger partial charge < -0.3 is 4.74 Å². The van der Waals surface area contributed by atoms with Crippen LogP contribution in [0.3, 0.4) is 0 Å². The third-order valence-corrected chi connectivity index (χ3v) is 3.46. The summed E-state index contributed by atoms with van der Waals surface area (Å²) in [5.74, 6) is 0.721. The highest BCUT2D eigenvalue weighted by Gasteiger charge is 2.15. The van der Waals surface area contributed by atoms with Gasteiger partial charge >= 0.3 is 5.97 Å². The normalized spacial score (nSPS) is 12.8. The van der Waals surface area contributed by atoms with E-state index in [1.54, 1.807) is 6.20 Å². The molecule has 2 rings (SSSR count). The van der Waals surface area contributed by atoms with Gasteiger partial charge in [-0.3, -0.25) is 4.40 Å². The van der Waals surface area contributed by atoms with Gasteiger partial charge in [0.1, 0.15) is 0 Å². The molecule has 0 saturated carbocycles. The maximum absolute atomic E-state index is 11.9. The molecule has 0 amide bonds. The van der Waals surface area contributed by atoms with Crippen LogP contribution in [0.5, 0.6) is 0 Å². The molecular weight excluding hydrogens is 266 g/mol. The van der Waals surface area contributed by atoms with E-state index in [0.29, 0.717) is 17.3 Å². The van der Waals surface area contributed by atoms with Crippen molar-refractivity contribution in [1.29, 1.82) is 0 Å². The molecule has 5 heteroatoms. The van der Waals surface area contributed by atoms with Crippen molar-refractivity contribution in [3.05, 3.63) is 29.8 Å². The Morgan fingerprint density at radius 2 is 2.10 bits per heavy atom. The van der Waals surface area contributed by atoms with E-state index in [1.807, 2.05) is 24.4 Å². The first kappa shape index (κ1) is 15.5. The van der Waals surface area contributed by atoms with Gasteiger partial charge in [-0.1, -0.05) is 20.3 Å². The Kier molecular flexibility index (Phi) is 4.94. The molecule has 0 bridgehead atoms. The third-order valence-electron chi connectivity index (χ3n) is 3.46. The molecular formula is C16H23N3O2. The minimum absolute atomic E-state index is 0.138. The van der Waals surface area contributed by atoms with Crippen LogP contribution in [0.25, 0.3) is 5.78 Å². The Bertz CT molecular complexity index is 619. The molecule has 2 aromatic heterocycles. The summed E-state index contributed by atoms with van der Waals surface area (Å²) >= 11 is 0. The van der Waals surface area contributed by atoms with Gasteiger partial charge in [-0.05, 0) is 26.7 Å². The lowest BCUT2D eigenvalue weighted by Crippen LogP contribution is -2.12. The Hall–Kier alpha value is -1.91. The topological polar surface area (TPSA) is 56.5 Å². The first-order valence-electron chi connectivity index (χ1n) is 7.60. The molecule has 0 radical (unpaired) electrons. The maximum atomic E-state index is 11.9. The lowest BCUT2D eigenvalue weighted by molar-refractivity contribution is 0.0377. The molecule has 0 aliphatic rings. The van der Waals surface area contributed by atoms with Gasteiger partial charge in [0.15, 0.2) is 0 Å². The number of rotatable bonds is 6. The molecule has 2 heterocycles. The van der Waals surface area contributed by atoms with Crippen LogP contribution in [0.15, 0.2) is 18.6 Å². The fraction of sp³-hybridized carbons (Fsp3) is 0.562. The molecule has 1 atom stereocenters. The predicted molar refractivity (Wildman–Crippen MR) is 81.5 cm³/mol. The van der Waals surface area contributed by atoms with Crippen LogP contribution < -0.4 is 0 Å². The van der Waals surface area contributed by atoms with Crippen molar-refractivity contribution in [3.8, 4) is 0 Å². The predicted octanol–water partition coefficient (Wildman–Crippen LogP) is 3.59. The van der Waals surface area contributed by atoms with E-state index in [-0.39, 0.29) is 12.1 Å². The molecule has 0 N–H and O–H groups in total. The van der Waals surface area contributed by atoms with Crippen LogP contribution in [-0.2, 0) is 4.74 Å². The average Bonchev–Trinajstić information content (AvgIpc) is 2.86. The first-order valence-corrected chi connectivity index (χ1v) is 7.60. The Balaban J connectivity index is 2.29. The lowest BCUT2D eigenvalue weighted by atomic mass is 9.98. The molecule has 0 aromatic carbocycles. The quantitative estimate of drug-likeness (QED) is 0.763. The smallest absolute Gasteiger partial charge is 0.341 e. The van der Waals surface area contributed by atoms with Gasteiger partial charge in [0.25, 0.3) is 0 Å². The van der Waals surface area contributed by atoms with Crippen LogP contribution >= 0.6 is 0 Å². The van der Waals surface area contributed by atoms with Crippen LogP contribution in [0.2, 0.25) is 0 Å². The summed E-state index contributed by atoms with van der Waals surface area (Å²) in [6.45, 7) is 8.01. The third kappa shape index (κ3) is 3.60. The van der Waals surface area contributed by atoms with E-state index in [2.05, 4.69) is 23.8 Å². The molecule has 0 saturated heterocycles. The zero-order valence-electron chi connectivity index (χ0n) is 13.2. The number of ether oxygens (including phenoxy) is 1. The Morgan fingerprint density at radius 3 is 2.71 bits per heavy atom. The molecule has 21 heavy (non-hydrogen) atoms. The minimum Gasteiger partial charge on any atom is -0.459 e. The van der Waals surface area contributed by atoms with Crippen molar-refractivity contribution in [3.63, 3.8) is 0 Å². The van der Waals surface area contributed by atoms with E-state index in [1.165, 1.54) is 6.20 Å². The number of nitrogens with zero attached hydrogens (tertiary/aromatic N) is 3. The molecule has 0 aliphatic heterocycles. The Morgan fingerprint density at radius 1 is 1.33 bits per heavy atom. The van der Waals surface area contributed by atoms with E-state index >= 15 is 0 Å². The molecule has 0 spiro atoms. The van der Waals surface area contributed by atoms with E-state index < -0.39 is 0 Å². The second-order valence-electron chi connectivity index (χ2n) is 5.56. The van der Waals surface area contributed by atoms with E-state index in [9.17, 15) is 4.79 Å². The standard InChI is InChI=1S/C16H23N3O2/c1-5-7-12(6-2)14-10-19-9-13(8-17-16(19)18-14)15(20)21-11(3)4/h8-12H,5-7H2,1-4H3. The molecule has 5 nitrogen and oxygen atoms in total. The fourth-order valence-electron chi connectivity index (χ4n) is 2.40. The van der Waals surface area contributed by atoms with E-state index in [0.717, 1.165) is 25.0 Å². The number of esters is 1. The summed E-state index contributed by atoms with van der Waals surface area (Å²) in [6.07, 6.45) is 8.40. The minimum atomic E-state index is -0.352. The van der Waals surface area contributed by atoms with Gasteiger partial charge in [0, 0.05) is 24.5 Å². The van der Waals surface area contributed by atoms with Crippen molar-refractivity contribution in [1.82, 2.24) is 14.4 Å². The van der Waals surface area contributed by atoms with Gasteiger partial charge in [0.05, 0.1) is 17.4 Å². The SMILES string of the molecule is CCCC(CC)c1cn2cc(C(=O)OC(C)C)cnc2n1. The molecule has 2 aromatic rings. The summed E-state index contributed by atoms with van der Waals surface area (Å²) in [7, 11) is 0. The number of imidazole rings is 1. The van der Waals surface area contributed by atoms with Crippen molar-refractivity contribution >= 4 is 11.7 Å². The molecule has 0 fully saturated rings. The number of carbonyl (C=O) groups excluding carboxylic acids is 1. The summed E-state index contributed by atoms with van der Waals surface area (Å²) in [6, 6.07) is 0. The highest BCUT2D eigenvalue weighted by molar-refractivity contribution is 5.89. The largest absolute Gasteiger partial charge is 0.459 e. The zero-order valence-corrected chi connectivity index (χ0v) is 13.2. The number of fused-ring (bicyclic) bond motifs is 1. The van der Waals surface area contributed by atoms with Gasteiger partial charge in [0.2, 0.25) is 5.78 Å². The second-order valence-corrected chi connectivity index (χ2v) is 5.56. The summed E-state index contributed by atoms with van der Waals surface area (Å²) in [5.41, 5.74) is 1.49. The number of hydrogen-bond acceptors (Lipinski definition) is 4. The molecule has 114 valence electrons. The van der Waals surface area contributed by atoms with Crippen LogP contribution in [0.1, 0.15) is 68.9 Å². The summed E-state index contributed by atoms with van der Waals surface area (Å²) < 4.78 is 7.00. The van der Waals surface area contributed by atoms with Crippen molar-refractivity contribution in [2.45, 2.75) is 59.0 Å². The lowest BCUT2D eigenvalue weighted by Gasteiger charge is -2.09. The van der Waals surface area contributed by atoms with Gasteiger partial charge in [-0.15, -0.1) is 0 Å². The highest BCUT2D eigenvalue weighted by Crippen LogP contribution is 2.23. The van der Waals surface area contributed by atoms with E-state index in [4.69, 9.17) is 4.74 Å². The fourth-order valence-corrected chi connectivity index (χ4v) is 2.40. The van der Waals surface area contributed by atoms with Crippen LogP contribution in [-0.4, -0.2) is 26.4 Å². The number of aromatic nitrogens is 3. The number of carbonyl (C=O) groups is 1. The Labute approximate surface area is 125 Å². The van der Waals surface area contributed by atoms with Crippen LogP contribution in [0, 0.1) is 0 Å². The van der Waals surface area contributed by atoms with Crippen LogP contribution in [0.4, 0.5) is 0 Å². The maximum Gasteiger partial charge on any atom is 0.341 e. The molecule has 0 aliphatic carbocycles. The van der Waals surface area contributed by atoms with Gasteiger partial charge in [-0.25, -0.2) is 14.8 Å². The summed E-state index contributed by atoms with van der Waals surface area (Å²) in [4.78, 5) is 20.7. The van der Waals surface area contributed by atoms with Crippen molar-refractivity contribution in [2.75, 3.05) is 0 Å². The number of hydrogen-bond donors (Lipinski definition) is 0. The summed E-state index contributed by atoms with van der Waals surface area (Å²) in [5, 5.41) is 0. The highest BCUT2D eigenvalue weighted by atomic mass is 16.5. The average molecular weight is 289 g/mol.